The largest absolute Gasteiger partial charge is 0.378 e. The van der Waals surface area contributed by atoms with Gasteiger partial charge in [-0.25, -0.2) is 4.98 Å². The molecule has 0 spiro atoms. The third-order valence-corrected chi connectivity index (χ3v) is 4.20. The van der Waals surface area contributed by atoms with Gasteiger partial charge in [-0.15, -0.1) is 0 Å². The first-order valence-corrected chi connectivity index (χ1v) is 7.56. The zero-order valence-electron chi connectivity index (χ0n) is 13.1. The Labute approximate surface area is 122 Å². The molecular weight excluding hydrogens is 252 g/mol. The van der Waals surface area contributed by atoms with Crippen LogP contribution < -0.4 is 5.32 Å². The van der Waals surface area contributed by atoms with Gasteiger partial charge in [0.1, 0.15) is 0 Å². The van der Waals surface area contributed by atoms with E-state index in [1.54, 1.807) is 0 Å². The molecule has 20 heavy (non-hydrogen) atoms. The zero-order valence-corrected chi connectivity index (χ0v) is 13.1. The van der Waals surface area contributed by atoms with Crippen LogP contribution in [-0.2, 0) is 16.7 Å². The topological polar surface area (TPSA) is 42.3 Å². The Morgan fingerprint density at radius 1 is 1.35 bits per heavy atom. The van der Waals surface area contributed by atoms with Gasteiger partial charge in [-0.05, 0) is 40.0 Å². The van der Waals surface area contributed by atoms with Crippen molar-refractivity contribution in [3.05, 3.63) is 18.2 Å². The van der Waals surface area contributed by atoms with Gasteiger partial charge >= 0.3 is 0 Å². The average Bonchev–Trinajstić information content (AvgIpc) is 2.88. The van der Waals surface area contributed by atoms with Crippen LogP contribution in [0.25, 0.3) is 0 Å². The molecule has 114 valence electrons. The SMILES string of the molecule is CN(C)CCOCCn1cncc1C1(C)CCNCC1. The molecule has 0 aliphatic carbocycles. The van der Waals surface area contributed by atoms with Crippen molar-refractivity contribution in [2.24, 2.45) is 0 Å². The number of imidazole rings is 1. The molecule has 0 amide bonds. The highest BCUT2D eigenvalue weighted by Crippen LogP contribution is 2.32. The van der Waals surface area contributed by atoms with Crippen LogP contribution in [0.4, 0.5) is 0 Å². The minimum absolute atomic E-state index is 0.255. The maximum atomic E-state index is 5.69. The van der Waals surface area contributed by atoms with Crippen molar-refractivity contribution in [3.63, 3.8) is 0 Å². The van der Waals surface area contributed by atoms with Gasteiger partial charge in [0.2, 0.25) is 0 Å². The van der Waals surface area contributed by atoms with Crippen molar-refractivity contribution in [1.29, 1.82) is 0 Å². The predicted molar refractivity (Wildman–Crippen MR) is 81.1 cm³/mol. The first kappa shape index (κ1) is 15.5. The normalized spacial score (nSPS) is 18.6. The van der Waals surface area contributed by atoms with Crippen LogP contribution >= 0.6 is 0 Å². The first-order valence-electron chi connectivity index (χ1n) is 7.56. The number of hydrogen-bond donors (Lipinski definition) is 1. The van der Waals surface area contributed by atoms with Gasteiger partial charge in [-0.3, -0.25) is 0 Å². The number of piperidine rings is 1. The van der Waals surface area contributed by atoms with Gasteiger partial charge in [0.25, 0.3) is 0 Å². The van der Waals surface area contributed by atoms with Crippen molar-refractivity contribution >= 4 is 0 Å². The fourth-order valence-electron chi connectivity index (χ4n) is 2.75. The maximum Gasteiger partial charge on any atom is 0.0949 e. The molecule has 0 atom stereocenters. The third kappa shape index (κ3) is 4.04. The van der Waals surface area contributed by atoms with Crippen molar-refractivity contribution < 1.29 is 4.74 Å². The van der Waals surface area contributed by atoms with Gasteiger partial charge < -0.3 is 19.5 Å². The second-order valence-corrected chi connectivity index (χ2v) is 6.20. The molecule has 0 bridgehead atoms. The molecule has 1 fully saturated rings. The molecule has 1 aliphatic rings. The molecule has 1 saturated heterocycles. The summed E-state index contributed by atoms with van der Waals surface area (Å²) in [5.41, 5.74) is 1.61. The van der Waals surface area contributed by atoms with Crippen LogP contribution in [0.1, 0.15) is 25.5 Å². The number of likely N-dealkylation sites (N-methyl/N-ethyl adjacent to an activating group) is 1. The van der Waals surface area contributed by atoms with E-state index in [0.29, 0.717) is 0 Å². The second kappa shape index (κ2) is 7.20. The van der Waals surface area contributed by atoms with Gasteiger partial charge in [0.15, 0.2) is 0 Å². The lowest BCUT2D eigenvalue weighted by Gasteiger charge is -2.34. The summed E-state index contributed by atoms with van der Waals surface area (Å²) in [5.74, 6) is 0. The smallest absolute Gasteiger partial charge is 0.0949 e. The van der Waals surface area contributed by atoms with Crippen LogP contribution in [0.15, 0.2) is 12.5 Å². The van der Waals surface area contributed by atoms with Crippen molar-refractivity contribution in [3.8, 4) is 0 Å². The van der Waals surface area contributed by atoms with Gasteiger partial charge in [-0.2, -0.15) is 0 Å². The van der Waals surface area contributed by atoms with E-state index in [-0.39, 0.29) is 5.41 Å². The minimum Gasteiger partial charge on any atom is -0.378 e. The van der Waals surface area contributed by atoms with E-state index in [2.05, 4.69) is 40.8 Å². The van der Waals surface area contributed by atoms with E-state index < -0.39 is 0 Å². The fraction of sp³-hybridized carbons (Fsp3) is 0.800. The maximum absolute atomic E-state index is 5.69. The lowest BCUT2D eigenvalue weighted by atomic mass is 9.78. The minimum atomic E-state index is 0.255. The summed E-state index contributed by atoms with van der Waals surface area (Å²) in [6, 6.07) is 0. The Bertz CT molecular complexity index is 396. The van der Waals surface area contributed by atoms with Gasteiger partial charge in [0.05, 0.1) is 19.5 Å². The number of hydrogen-bond acceptors (Lipinski definition) is 4. The lowest BCUT2D eigenvalue weighted by Crippen LogP contribution is -2.39. The number of nitrogens with zero attached hydrogens (tertiary/aromatic N) is 3. The Kier molecular flexibility index (Phi) is 5.57. The molecule has 1 aliphatic heterocycles. The van der Waals surface area contributed by atoms with E-state index in [1.807, 2.05) is 12.5 Å². The molecule has 0 radical (unpaired) electrons. The van der Waals surface area contributed by atoms with Crippen LogP contribution in [-0.4, -0.2) is 61.4 Å². The Morgan fingerprint density at radius 3 is 2.80 bits per heavy atom. The summed E-state index contributed by atoms with van der Waals surface area (Å²) in [7, 11) is 4.13. The van der Waals surface area contributed by atoms with Gasteiger partial charge in [-0.1, -0.05) is 6.92 Å². The van der Waals surface area contributed by atoms with Crippen molar-refractivity contribution in [1.82, 2.24) is 19.8 Å². The molecule has 1 aromatic heterocycles. The summed E-state index contributed by atoms with van der Waals surface area (Å²) < 4.78 is 7.96. The molecule has 2 heterocycles. The monoisotopic (exact) mass is 280 g/mol. The summed E-state index contributed by atoms with van der Waals surface area (Å²) in [6.45, 7) is 7.96. The van der Waals surface area contributed by atoms with Crippen LogP contribution in [0.3, 0.4) is 0 Å². The summed E-state index contributed by atoms with van der Waals surface area (Å²) in [6.07, 6.45) is 6.34. The molecular formula is C15H28N4O. The molecule has 0 saturated carbocycles. The highest BCUT2D eigenvalue weighted by Gasteiger charge is 2.31. The Hall–Kier alpha value is -0.910. The predicted octanol–water partition coefficient (Wildman–Crippen LogP) is 1.10. The van der Waals surface area contributed by atoms with Crippen LogP contribution in [0.5, 0.6) is 0 Å². The standard InChI is InChI=1S/C15H28N4O/c1-15(4-6-16-7-5-15)14-12-17-13-19(14)9-11-20-10-8-18(2)3/h12-13,16H,4-11H2,1-3H3. The van der Waals surface area contributed by atoms with E-state index in [0.717, 1.165) is 39.4 Å². The third-order valence-electron chi connectivity index (χ3n) is 4.20. The van der Waals surface area contributed by atoms with Crippen LogP contribution in [0, 0.1) is 0 Å². The molecule has 2 rings (SSSR count). The molecule has 1 N–H and O–H groups in total. The van der Waals surface area contributed by atoms with E-state index in [1.165, 1.54) is 18.5 Å². The van der Waals surface area contributed by atoms with E-state index in [9.17, 15) is 0 Å². The number of aromatic nitrogens is 2. The van der Waals surface area contributed by atoms with Gasteiger partial charge in [0, 0.05) is 30.4 Å². The average molecular weight is 280 g/mol. The quantitative estimate of drug-likeness (QED) is 0.760. The summed E-state index contributed by atoms with van der Waals surface area (Å²) >= 11 is 0. The molecule has 0 unspecified atom stereocenters. The molecule has 5 nitrogen and oxygen atoms in total. The molecule has 5 heteroatoms. The highest BCUT2D eigenvalue weighted by atomic mass is 16.5. The van der Waals surface area contributed by atoms with Crippen LogP contribution in [0.2, 0.25) is 0 Å². The first-order chi connectivity index (χ1) is 9.62. The fourth-order valence-corrected chi connectivity index (χ4v) is 2.75. The summed E-state index contributed by atoms with van der Waals surface area (Å²) in [5, 5.41) is 3.43. The molecule has 0 aromatic carbocycles. The second-order valence-electron chi connectivity index (χ2n) is 6.20. The lowest BCUT2D eigenvalue weighted by molar-refractivity contribution is 0.109. The number of nitrogens with one attached hydrogen (secondary N) is 1. The summed E-state index contributed by atoms with van der Waals surface area (Å²) in [4.78, 5) is 6.49. The van der Waals surface area contributed by atoms with Crippen molar-refractivity contribution in [2.45, 2.75) is 31.7 Å². The van der Waals surface area contributed by atoms with Crippen molar-refractivity contribution in [2.75, 3.05) is 46.9 Å². The molecule has 1 aromatic rings. The number of ether oxygens (including phenoxy) is 1. The number of rotatable bonds is 7. The Morgan fingerprint density at radius 2 is 2.10 bits per heavy atom. The highest BCUT2D eigenvalue weighted by molar-refractivity contribution is 5.15. The zero-order chi connectivity index (χ0) is 14.4. The van der Waals surface area contributed by atoms with E-state index >= 15 is 0 Å². The Balaban J connectivity index is 1.85. The van der Waals surface area contributed by atoms with E-state index in [4.69, 9.17) is 4.74 Å².